The van der Waals surface area contributed by atoms with Crippen LogP contribution in [0.15, 0.2) is 66.7 Å². The molecule has 0 atom stereocenters. The summed E-state index contributed by atoms with van der Waals surface area (Å²) in [5.74, 6) is 0. The highest BCUT2D eigenvalue weighted by Gasteiger charge is 2.04. The molecule has 0 aromatic heterocycles. The summed E-state index contributed by atoms with van der Waals surface area (Å²) >= 11 is 6.15. The molecule has 2 heteroatoms. The van der Waals surface area contributed by atoms with E-state index >= 15 is 0 Å². The van der Waals surface area contributed by atoms with Crippen LogP contribution in [0.4, 0.5) is 0 Å². The van der Waals surface area contributed by atoms with Crippen molar-refractivity contribution in [3.8, 4) is 6.07 Å². The van der Waals surface area contributed by atoms with Gasteiger partial charge in [-0.05, 0) is 40.1 Å². The third-order valence-corrected chi connectivity index (χ3v) is 3.73. The van der Waals surface area contributed by atoms with Crippen LogP contribution in [0.1, 0.15) is 11.1 Å². The molecule has 0 bridgehead atoms. The summed E-state index contributed by atoms with van der Waals surface area (Å²) in [4.78, 5) is 0. The number of hydrogen-bond donors (Lipinski definition) is 0. The molecule has 3 rings (SSSR count). The second-order valence-corrected chi connectivity index (χ2v) is 5.16. The molecule has 21 heavy (non-hydrogen) atoms. The third-order valence-electron chi connectivity index (χ3n) is 3.39. The molecule has 0 aliphatic rings. The Balaban J connectivity index is 2.10. The molecule has 0 unspecified atom stereocenters. The van der Waals surface area contributed by atoms with Gasteiger partial charge in [-0.3, -0.25) is 0 Å². The van der Waals surface area contributed by atoms with Crippen LogP contribution in [-0.2, 0) is 0 Å². The van der Waals surface area contributed by atoms with E-state index < -0.39 is 0 Å². The van der Waals surface area contributed by atoms with Crippen molar-refractivity contribution in [1.29, 1.82) is 5.26 Å². The molecule has 0 fully saturated rings. The maximum atomic E-state index is 9.44. The normalized spacial score (nSPS) is 11.3. The Morgan fingerprint density at radius 1 is 0.905 bits per heavy atom. The van der Waals surface area contributed by atoms with Gasteiger partial charge in [0.2, 0.25) is 0 Å². The SMILES string of the molecule is N#C/C(=C/c1ccccc1Cl)c1ccc2ccccc2c1. The van der Waals surface area contributed by atoms with Crippen molar-refractivity contribution in [1.82, 2.24) is 0 Å². The van der Waals surface area contributed by atoms with E-state index in [-0.39, 0.29) is 0 Å². The summed E-state index contributed by atoms with van der Waals surface area (Å²) in [6.07, 6.45) is 1.83. The number of benzene rings is 3. The predicted octanol–water partition coefficient (Wildman–Crippen LogP) is 5.56. The number of hydrogen-bond acceptors (Lipinski definition) is 1. The lowest BCUT2D eigenvalue weighted by Crippen LogP contribution is -1.84. The minimum Gasteiger partial charge on any atom is -0.192 e. The van der Waals surface area contributed by atoms with Crippen LogP contribution in [-0.4, -0.2) is 0 Å². The summed E-state index contributed by atoms with van der Waals surface area (Å²) < 4.78 is 0. The Bertz CT molecular complexity index is 872. The minimum atomic E-state index is 0.605. The predicted molar refractivity (Wildman–Crippen MR) is 88.9 cm³/mol. The van der Waals surface area contributed by atoms with Gasteiger partial charge in [0.05, 0.1) is 11.6 Å². The molecule has 100 valence electrons. The van der Waals surface area contributed by atoms with E-state index in [1.54, 1.807) is 0 Å². The highest BCUT2D eigenvalue weighted by molar-refractivity contribution is 6.32. The Morgan fingerprint density at radius 3 is 2.38 bits per heavy atom. The molecule has 1 nitrogen and oxygen atoms in total. The lowest BCUT2D eigenvalue weighted by atomic mass is 10.0. The van der Waals surface area contributed by atoms with E-state index in [0.29, 0.717) is 10.6 Å². The summed E-state index contributed by atoms with van der Waals surface area (Å²) in [6, 6.07) is 23.9. The zero-order valence-electron chi connectivity index (χ0n) is 11.3. The van der Waals surface area contributed by atoms with Gasteiger partial charge in [-0.1, -0.05) is 66.2 Å². The molecule has 0 amide bonds. The van der Waals surface area contributed by atoms with Gasteiger partial charge >= 0.3 is 0 Å². The molecule has 0 heterocycles. The molecule has 0 saturated carbocycles. The van der Waals surface area contributed by atoms with E-state index in [9.17, 15) is 5.26 Å². The van der Waals surface area contributed by atoms with Crippen LogP contribution >= 0.6 is 11.6 Å². The van der Waals surface area contributed by atoms with E-state index in [0.717, 1.165) is 21.9 Å². The van der Waals surface area contributed by atoms with Gasteiger partial charge in [-0.25, -0.2) is 0 Å². The molecule has 0 aliphatic heterocycles. The van der Waals surface area contributed by atoms with Gasteiger partial charge in [0.15, 0.2) is 0 Å². The average Bonchev–Trinajstić information content (AvgIpc) is 2.54. The molecule has 3 aromatic carbocycles. The highest BCUT2D eigenvalue weighted by Crippen LogP contribution is 2.25. The van der Waals surface area contributed by atoms with Crippen molar-refractivity contribution in [2.24, 2.45) is 0 Å². The molecule has 0 aliphatic carbocycles. The zero-order chi connectivity index (χ0) is 14.7. The van der Waals surface area contributed by atoms with Crippen LogP contribution in [0.3, 0.4) is 0 Å². The van der Waals surface area contributed by atoms with Gasteiger partial charge < -0.3 is 0 Å². The first kappa shape index (κ1) is 13.4. The number of fused-ring (bicyclic) bond motifs is 1. The van der Waals surface area contributed by atoms with Crippen LogP contribution in [0, 0.1) is 11.3 Å². The van der Waals surface area contributed by atoms with E-state index in [1.165, 1.54) is 0 Å². The molecule has 3 aromatic rings. The Labute approximate surface area is 128 Å². The van der Waals surface area contributed by atoms with Crippen molar-refractivity contribution < 1.29 is 0 Å². The number of nitrogens with zero attached hydrogens (tertiary/aromatic N) is 1. The Morgan fingerprint density at radius 2 is 1.62 bits per heavy atom. The molecule has 0 saturated heterocycles. The van der Waals surface area contributed by atoms with Gasteiger partial charge in [-0.2, -0.15) is 5.26 Å². The van der Waals surface area contributed by atoms with Crippen molar-refractivity contribution >= 4 is 34.0 Å². The fourth-order valence-electron chi connectivity index (χ4n) is 2.28. The van der Waals surface area contributed by atoms with Crippen molar-refractivity contribution in [2.45, 2.75) is 0 Å². The highest BCUT2D eigenvalue weighted by atomic mass is 35.5. The lowest BCUT2D eigenvalue weighted by Gasteiger charge is -2.04. The van der Waals surface area contributed by atoms with Crippen molar-refractivity contribution in [2.75, 3.05) is 0 Å². The topological polar surface area (TPSA) is 23.8 Å². The van der Waals surface area contributed by atoms with Crippen LogP contribution < -0.4 is 0 Å². The lowest BCUT2D eigenvalue weighted by molar-refractivity contribution is 1.53. The third kappa shape index (κ3) is 2.81. The standard InChI is InChI=1S/C19H12ClN/c20-19-8-4-3-7-17(19)12-18(13-21)16-10-9-14-5-1-2-6-15(14)11-16/h1-12H/b18-12-. The van der Waals surface area contributed by atoms with Crippen LogP contribution in [0.2, 0.25) is 5.02 Å². The number of nitriles is 1. The summed E-state index contributed by atoms with van der Waals surface area (Å²) in [5.41, 5.74) is 2.36. The van der Waals surface area contributed by atoms with Gasteiger partial charge in [0.1, 0.15) is 0 Å². The largest absolute Gasteiger partial charge is 0.192 e. The van der Waals surface area contributed by atoms with E-state index in [4.69, 9.17) is 11.6 Å². The van der Waals surface area contributed by atoms with Crippen LogP contribution in [0.25, 0.3) is 22.4 Å². The maximum absolute atomic E-state index is 9.44. The quantitative estimate of drug-likeness (QED) is 0.448. The Hall–Kier alpha value is -2.56. The van der Waals surface area contributed by atoms with E-state index in [1.807, 2.05) is 66.7 Å². The maximum Gasteiger partial charge on any atom is 0.0998 e. The molecular formula is C19H12ClN. The smallest absolute Gasteiger partial charge is 0.0998 e. The average molecular weight is 290 g/mol. The van der Waals surface area contributed by atoms with Crippen molar-refractivity contribution in [3.63, 3.8) is 0 Å². The van der Waals surface area contributed by atoms with Crippen LogP contribution in [0.5, 0.6) is 0 Å². The van der Waals surface area contributed by atoms with Gasteiger partial charge in [-0.15, -0.1) is 0 Å². The molecular weight excluding hydrogens is 278 g/mol. The first-order valence-corrected chi connectivity index (χ1v) is 7.01. The Kier molecular flexibility index (Phi) is 3.73. The second-order valence-electron chi connectivity index (χ2n) is 4.75. The number of halogens is 1. The summed E-state index contributed by atoms with van der Waals surface area (Å²) in [5, 5.41) is 12.4. The minimum absolute atomic E-state index is 0.605. The second kappa shape index (κ2) is 5.83. The molecule has 0 radical (unpaired) electrons. The van der Waals surface area contributed by atoms with Gasteiger partial charge in [0.25, 0.3) is 0 Å². The van der Waals surface area contributed by atoms with E-state index in [2.05, 4.69) is 12.1 Å². The zero-order valence-corrected chi connectivity index (χ0v) is 12.0. The first-order valence-electron chi connectivity index (χ1n) is 6.63. The summed E-state index contributed by atoms with van der Waals surface area (Å²) in [7, 11) is 0. The number of rotatable bonds is 2. The molecule has 0 N–H and O–H groups in total. The number of allylic oxidation sites excluding steroid dienone is 1. The summed E-state index contributed by atoms with van der Waals surface area (Å²) in [6.45, 7) is 0. The molecule has 0 spiro atoms. The fourth-order valence-corrected chi connectivity index (χ4v) is 2.47. The van der Waals surface area contributed by atoms with Crippen molar-refractivity contribution in [3.05, 3.63) is 82.9 Å². The van der Waals surface area contributed by atoms with Gasteiger partial charge in [0, 0.05) is 5.02 Å². The monoisotopic (exact) mass is 289 g/mol. The first-order chi connectivity index (χ1) is 10.3. The fraction of sp³-hybridized carbons (Fsp3) is 0.